The molecule has 4 bridgehead atoms. The summed E-state index contributed by atoms with van der Waals surface area (Å²) in [7, 11) is 0. The lowest BCUT2D eigenvalue weighted by molar-refractivity contribution is -0.163. The SMILES string of the molecule is CC(=O)/C(=N\OC12CC3CC(CC(C3)C1)C2)C(=O)O. The van der Waals surface area contributed by atoms with Crippen molar-refractivity contribution in [3.05, 3.63) is 0 Å². The molecular weight excluding hydrogens is 246 g/mol. The van der Waals surface area contributed by atoms with E-state index in [1.807, 2.05) is 0 Å². The van der Waals surface area contributed by atoms with Crippen molar-refractivity contribution in [3.63, 3.8) is 0 Å². The van der Waals surface area contributed by atoms with E-state index in [0.29, 0.717) is 17.8 Å². The summed E-state index contributed by atoms with van der Waals surface area (Å²) >= 11 is 0. The first kappa shape index (κ1) is 12.6. The topological polar surface area (TPSA) is 76.0 Å². The molecular formula is C14H19NO4. The Morgan fingerprint density at radius 3 is 1.95 bits per heavy atom. The number of nitrogens with zero attached hydrogens (tertiary/aromatic N) is 1. The van der Waals surface area contributed by atoms with Crippen molar-refractivity contribution >= 4 is 17.5 Å². The Morgan fingerprint density at radius 1 is 1.11 bits per heavy atom. The van der Waals surface area contributed by atoms with Crippen LogP contribution < -0.4 is 0 Å². The second kappa shape index (κ2) is 4.32. The first-order valence-corrected chi connectivity index (χ1v) is 6.98. The quantitative estimate of drug-likeness (QED) is 0.479. The molecule has 0 heterocycles. The third kappa shape index (κ3) is 2.26. The Bertz CT molecular complexity index is 403. The number of aliphatic carboxylic acids is 1. The van der Waals surface area contributed by atoms with Crippen LogP contribution in [-0.4, -0.2) is 28.2 Å². The molecule has 0 aliphatic heterocycles. The summed E-state index contributed by atoms with van der Waals surface area (Å²) in [5.41, 5.74) is -0.791. The zero-order valence-electron chi connectivity index (χ0n) is 11.1. The molecule has 0 spiro atoms. The number of carboxylic acids is 1. The van der Waals surface area contributed by atoms with Crippen molar-refractivity contribution in [1.29, 1.82) is 0 Å². The van der Waals surface area contributed by atoms with E-state index in [2.05, 4.69) is 5.16 Å². The summed E-state index contributed by atoms with van der Waals surface area (Å²) in [6.07, 6.45) is 6.74. The van der Waals surface area contributed by atoms with Crippen molar-refractivity contribution in [2.75, 3.05) is 0 Å². The Hall–Kier alpha value is -1.39. The molecule has 4 saturated carbocycles. The van der Waals surface area contributed by atoms with Gasteiger partial charge in [-0.3, -0.25) is 4.79 Å². The number of carbonyl (C=O) groups excluding carboxylic acids is 1. The highest BCUT2D eigenvalue weighted by Gasteiger charge is 2.53. The Morgan fingerprint density at radius 2 is 1.58 bits per heavy atom. The Labute approximate surface area is 112 Å². The summed E-state index contributed by atoms with van der Waals surface area (Å²) in [6.45, 7) is 1.20. The maximum absolute atomic E-state index is 11.2. The smallest absolute Gasteiger partial charge is 0.361 e. The predicted molar refractivity (Wildman–Crippen MR) is 67.7 cm³/mol. The van der Waals surface area contributed by atoms with Gasteiger partial charge in [-0.25, -0.2) is 4.79 Å². The highest BCUT2D eigenvalue weighted by atomic mass is 16.7. The molecule has 1 N–H and O–H groups in total. The van der Waals surface area contributed by atoms with Gasteiger partial charge in [0.2, 0.25) is 5.71 Å². The van der Waals surface area contributed by atoms with Crippen LogP contribution in [0.2, 0.25) is 0 Å². The molecule has 4 aliphatic carbocycles. The van der Waals surface area contributed by atoms with E-state index in [-0.39, 0.29) is 5.60 Å². The van der Waals surface area contributed by atoms with Gasteiger partial charge >= 0.3 is 5.97 Å². The first-order valence-electron chi connectivity index (χ1n) is 6.98. The molecule has 4 rings (SSSR count). The minimum absolute atomic E-state index is 0.301. The van der Waals surface area contributed by atoms with Crippen LogP contribution in [0.25, 0.3) is 0 Å². The number of Topliss-reactive ketones (excluding diaryl/α,β-unsaturated/α-hetero) is 1. The highest BCUT2D eigenvalue weighted by molar-refractivity contribution is 6.63. The van der Waals surface area contributed by atoms with Gasteiger partial charge in [0.25, 0.3) is 0 Å². The van der Waals surface area contributed by atoms with Crippen LogP contribution in [0.15, 0.2) is 5.16 Å². The normalized spacial score (nSPS) is 40.3. The fourth-order valence-corrected chi connectivity index (χ4v) is 4.54. The fourth-order valence-electron chi connectivity index (χ4n) is 4.54. The van der Waals surface area contributed by atoms with E-state index in [1.165, 1.54) is 26.2 Å². The maximum atomic E-state index is 11.2. The lowest BCUT2D eigenvalue weighted by Crippen LogP contribution is -2.51. The van der Waals surface area contributed by atoms with Gasteiger partial charge in [0.05, 0.1) is 0 Å². The number of rotatable bonds is 4. The molecule has 19 heavy (non-hydrogen) atoms. The van der Waals surface area contributed by atoms with Crippen LogP contribution in [0.4, 0.5) is 0 Å². The molecule has 4 fully saturated rings. The minimum Gasteiger partial charge on any atom is -0.476 e. The van der Waals surface area contributed by atoms with Crippen molar-refractivity contribution < 1.29 is 19.5 Å². The predicted octanol–water partition coefficient (Wildman–Crippen LogP) is 2.00. The van der Waals surface area contributed by atoms with Gasteiger partial charge in [-0.05, 0) is 56.3 Å². The third-order valence-electron chi connectivity index (χ3n) is 4.85. The average Bonchev–Trinajstić information content (AvgIpc) is 2.25. The lowest BCUT2D eigenvalue weighted by atomic mass is 9.54. The van der Waals surface area contributed by atoms with Crippen molar-refractivity contribution in [3.8, 4) is 0 Å². The van der Waals surface area contributed by atoms with E-state index < -0.39 is 17.5 Å². The molecule has 0 aromatic rings. The largest absolute Gasteiger partial charge is 0.476 e. The van der Waals surface area contributed by atoms with E-state index in [9.17, 15) is 9.59 Å². The summed E-state index contributed by atoms with van der Waals surface area (Å²) in [4.78, 5) is 27.8. The molecule has 0 aromatic carbocycles. The second-order valence-electron chi connectivity index (χ2n) is 6.49. The summed E-state index contributed by atoms with van der Waals surface area (Å²) in [6, 6.07) is 0. The van der Waals surface area contributed by atoms with Crippen molar-refractivity contribution in [2.24, 2.45) is 22.9 Å². The molecule has 0 amide bonds. The van der Waals surface area contributed by atoms with Gasteiger partial charge in [-0.2, -0.15) is 0 Å². The standard InChI is InChI=1S/C14H19NO4/c1-8(16)12(13(17)18)15-19-14-5-9-2-10(6-14)4-11(3-9)7-14/h9-11H,2-7H2,1H3,(H,17,18)/b15-12+. The minimum atomic E-state index is -1.31. The van der Waals surface area contributed by atoms with Gasteiger partial charge in [-0.15, -0.1) is 0 Å². The fraction of sp³-hybridized carbons (Fsp3) is 0.786. The molecule has 4 aliphatic rings. The monoisotopic (exact) mass is 265 g/mol. The third-order valence-corrected chi connectivity index (χ3v) is 4.85. The van der Waals surface area contributed by atoms with Gasteiger partial charge in [0.1, 0.15) is 5.60 Å². The Kier molecular flexibility index (Phi) is 2.87. The number of carbonyl (C=O) groups is 2. The zero-order valence-corrected chi connectivity index (χ0v) is 11.1. The Balaban J connectivity index is 1.77. The van der Waals surface area contributed by atoms with E-state index >= 15 is 0 Å². The van der Waals surface area contributed by atoms with Crippen LogP contribution in [0, 0.1) is 17.8 Å². The maximum Gasteiger partial charge on any atom is 0.361 e. The molecule has 5 heteroatoms. The second-order valence-corrected chi connectivity index (χ2v) is 6.49. The van der Waals surface area contributed by atoms with Gasteiger partial charge in [0.15, 0.2) is 5.78 Å². The number of hydrogen-bond acceptors (Lipinski definition) is 4. The molecule has 0 atom stereocenters. The van der Waals surface area contributed by atoms with Crippen molar-refractivity contribution in [1.82, 2.24) is 0 Å². The van der Waals surface area contributed by atoms with Gasteiger partial charge < -0.3 is 9.94 Å². The molecule has 0 saturated heterocycles. The van der Waals surface area contributed by atoms with Gasteiger partial charge in [0, 0.05) is 6.92 Å². The summed E-state index contributed by atoms with van der Waals surface area (Å²) < 4.78 is 0. The molecule has 5 nitrogen and oxygen atoms in total. The molecule has 0 aromatic heterocycles. The first-order chi connectivity index (χ1) is 8.97. The molecule has 0 unspecified atom stereocenters. The van der Waals surface area contributed by atoms with E-state index in [4.69, 9.17) is 9.94 Å². The highest BCUT2D eigenvalue weighted by Crippen LogP contribution is 2.57. The van der Waals surface area contributed by atoms with Crippen LogP contribution in [0.3, 0.4) is 0 Å². The van der Waals surface area contributed by atoms with Crippen LogP contribution >= 0.6 is 0 Å². The zero-order chi connectivity index (χ0) is 13.6. The number of oxime groups is 1. The van der Waals surface area contributed by atoms with Crippen LogP contribution in [0.5, 0.6) is 0 Å². The van der Waals surface area contributed by atoms with E-state index in [1.54, 1.807) is 0 Å². The number of carboxylic acid groups (broad SMARTS) is 1. The molecule has 0 radical (unpaired) electrons. The van der Waals surface area contributed by atoms with Gasteiger partial charge in [-0.1, -0.05) is 5.16 Å². The van der Waals surface area contributed by atoms with Crippen molar-refractivity contribution in [2.45, 2.75) is 51.0 Å². The summed E-state index contributed by atoms with van der Waals surface area (Å²) in [5.74, 6) is 0.237. The number of hydrogen-bond donors (Lipinski definition) is 1. The lowest BCUT2D eigenvalue weighted by Gasteiger charge is -2.54. The molecule has 104 valence electrons. The average molecular weight is 265 g/mol. The van der Waals surface area contributed by atoms with Crippen LogP contribution in [-0.2, 0) is 14.4 Å². The number of ketones is 1. The van der Waals surface area contributed by atoms with E-state index in [0.717, 1.165) is 19.3 Å². The summed E-state index contributed by atoms with van der Waals surface area (Å²) in [5, 5.41) is 12.6. The van der Waals surface area contributed by atoms with Crippen LogP contribution in [0.1, 0.15) is 45.4 Å².